The number of unbranched alkanes of at least 4 members (excludes halogenated alkanes) is 3. The van der Waals surface area contributed by atoms with E-state index in [0.29, 0.717) is 3.43 Å². The van der Waals surface area contributed by atoms with Crippen molar-refractivity contribution in [2.75, 3.05) is 6.26 Å². The zero-order valence-corrected chi connectivity index (χ0v) is 21.0. The van der Waals surface area contributed by atoms with Gasteiger partial charge in [-0.15, -0.1) is 0 Å². The summed E-state index contributed by atoms with van der Waals surface area (Å²) in [5, 5.41) is 0.245. The van der Waals surface area contributed by atoms with Gasteiger partial charge < -0.3 is 0 Å². The summed E-state index contributed by atoms with van der Waals surface area (Å²) in [6.07, 6.45) is 16.8. The molecule has 26 heavy (non-hydrogen) atoms. The third-order valence-corrected chi connectivity index (χ3v) is 13.3. The van der Waals surface area contributed by atoms with E-state index < -0.39 is 31.0 Å². The minimum absolute atomic E-state index is 0.245. The molecule has 0 saturated heterocycles. The van der Waals surface area contributed by atoms with E-state index in [1.54, 1.807) is 17.7 Å². The molecule has 0 amide bonds. The SMILES string of the molecule is CCCC[C](CCCC)(CCCC)[Sn][c]1cn2cnc(S(C)(=O)=O)c2s1. The number of fused-ring (bicyclic) bond motifs is 1. The van der Waals surface area contributed by atoms with Crippen molar-refractivity contribution < 1.29 is 8.42 Å². The van der Waals surface area contributed by atoms with Crippen LogP contribution < -0.4 is 2.89 Å². The molecule has 0 aliphatic rings. The summed E-state index contributed by atoms with van der Waals surface area (Å²) in [5.41, 5.74) is 0. The quantitative estimate of drug-likeness (QED) is 0.389. The average Bonchev–Trinajstić information content (AvgIpc) is 3.15. The first-order valence-electron chi connectivity index (χ1n) is 9.80. The molecule has 0 fully saturated rings. The van der Waals surface area contributed by atoms with Crippen LogP contribution in [0.2, 0.25) is 3.43 Å². The molecule has 2 heterocycles. The van der Waals surface area contributed by atoms with E-state index in [0.717, 1.165) is 4.83 Å². The first kappa shape index (κ1) is 22.2. The molecule has 0 spiro atoms. The fourth-order valence-electron chi connectivity index (χ4n) is 3.46. The van der Waals surface area contributed by atoms with Crippen LogP contribution in [0.15, 0.2) is 17.6 Å². The molecule has 0 bridgehead atoms. The molecule has 0 saturated carbocycles. The van der Waals surface area contributed by atoms with Crippen molar-refractivity contribution in [3.05, 3.63) is 12.5 Å². The topological polar surface area (TPSA) is 51.4 Å². The average molecular weight is 503 g/mol. The fraction of sp³-hybridized carbons (Fsp3) is 0.737. The van der Waals surface area contributed by atoms with Gasteiger partial charge in [0.15, 0.2) is 0 Å². The molecular weight excluding hydrogens is 471 g/mol. The molecule has 2 aromatic rings. The molecule has 7 heteroatoms. The summed E-state index contributed by atoms with van der Waals surface area (Å²) in [6.45, 7) is 6.86. The van der Waals surface area contributed by atoms with Gasteiger partial charge in [0.2, 0.25) is 0 Å². The van der Waals surface area contributed by atoms with Crippen molar-refractivity contribution in [3.8, 4) is 0 Å². The Morgan fingerprint density at radius 3 is 2.08 bits per heavy atom. The second-order valence-electron chi connectivity index (χ2n) is 7.35. The van der Waals surface area contributed by atoms with E-state index in [1.807, 2.05) is 4.40 Å². The number of hydrogen-bond acceptors (Lipinski definition) is 4. The van der Waals surface area contributed by atoms with Crippen LogP contribution in [0, 0.1) is 0 Å². The van der Waals surface area contributed by atoms with Gasteiger partial charge in [0.05, 0.1) is 0 Å². The summed E-state index contributed by atoms with van der Waals surface area (Å²) in [5.74, 6) is 0. The maximum atomic E-state index is 12.0. The third-order valence-electron chi connectivity index (χ3n) is 4.95. The first-order chi connectivity index (χ1) is 12.3. The normalized spacial score (nSPS) is 12.9. The fourth-order valence-corrected chi connectivity index (χ4v) is 12.8. The maximum absolute atomic E-state index is 12.0. The number of thiazole rings is 1. The Bertz CT molecular complexity index is 774. The number of nitrogens with zero attached hydrogens (tertiary/aromatic N) is 2. The van der Waals surface area contributed by atoms with Gasteiger partial charge in [0.1, 0.15) is 0 Å². The molecule has 4 nitrogen and oxygen atoms in total. The summed E-state index contributed by atoms with van der Waals surface area (Å²) < 4.78 is 27.9. The molecule has 2 radical (unpaired) electrons. The van der Waals surface area contributed by atoms with Gasteiger partial charge in [0.25, 0.3) is 0 Å². The second kappa shape index (κ2) is 9.92. The number of imidazole rings is 1. The zero-order valence-electron chi connectivity index (χ0n) is 16.5. The van der Waals surface area contributed by atoms with Gasteiger partial charge in [-0.25, -0.2) is 0 Å². The summed E-state index contributed by atoms with van der Waals surface area (Å²) in [6, 6.07) is 0. The van der Waals surface area contributed by atoms with E-state index >= 15 is 0 Å². The molecule has 146 valence electrons. The summed E-state index contributed by atoms with van der Waals surface area (Å²) >= 11 is 0.857. The Morgan fingerprint density at radius 1 is 1.08 bits per heavy atom. The first-order valence-corrected chi connectivity index (χ1v) is 15.4. The van der Waals surface area contributed by atoms with Crippen molar-refractivity contribution in [1.29, 1.82) is 0 Å². The van der Waals surface area contributed by atoms with E-state index in [9.17, 15) is 8.42 Å². The van der Waals surface area contributed by atoms with Crippen LogP contribution in [-0.4, -0.2) is 45.2 Å². The van der Waals surface area contributed by atoms with Crippen molar-refractivity contribution in [2.45, 2.75) is 87.0 Å². The van der Waals surface area contributed by atoms with Crippen LogP contribution >= 0.6 is 11.3 Å². The van der Waals surface area contributed by atoms with Crippen molar-refractivity contribution >= 4 is 50.0 Å². The van der Waals surface area contributed by atoms with Crippen LogP contribution in [-0.2, 0) is 9.84 Å². The van der Waals surface area contributed by atoms with Gasteiger partial charge in [-0.2, -0.15) is 0 Å². The zero-order chi connectivity index (χ0) is 19.2. The van der Waals surface area contributed by atoms with Crippen LogP contribution in [0.4, 0.5) is 0 Å². The Hall–Kier alpha value is -0.0813. The second-order valence-corrected chi connectivity index (χ2v) is 16.6. The summed E-state index contributed by atoms with van der Waals surface area (Å²) in [7, 11) is -3.26. The molecule has 2 rings (SSSR count). The standard InChI is InChI=1S/C13H27.C6H5N2O2S2.Sn/c1-4-7-10-13(11-8-5-2)12-9-6-3;1-12(9,10)5-6-8(4-7-5)2-3-11-6;/h4-12H2,1-3H3;2,4H,1H3;. The Balaban J connectivity index is 2.33. The molecular formula is C19H32N2O2S2Sn. The van der Waals surface area contributed by atoms with Gasteiger partial charge in [-0.05, 0) is 0 Å². The molecule has 0 aliphatic heterocycles. The van der Waals surface area contributed by atoms with Gasteiger partial charge in [-0.1, -0.05) is 0 Å². The van der Waals surface area contributed by atoms with Gasteiger partial charge in [-0.3, -0.25) is 0 Å². The molecule has 0 aromatic carbocycles. The molecule has 0 aliphatic carbocycles. The third kappa shape index (κ3) is 5.71. The Labute approximate surface area is 172 Å². The minimum atomic E-state index is -3.26. The predicted molar refractivity (Wildman–Crippen MR) is 113 cm³/mol. The van der Waals surface area contributed by atoms with Crippen molar-refractivity contribution in [3.63, 3.8) is 0 Å². The van der Waals surface area contributed by atoms with Crippen LogP contribution in [0.1, 0.15) is 78.6 Å². The molecule has 0 atom stereocenters. The van der Waals surface area contributed by atoms with E-state index in [2.05, 4.69) is 32.0 Å². The monoisotopic (exact) mass is 504 g/mol. The van der Waals surface area contributed by atoms with Crippen molar-refractivity contribution in [1.82, 2.24) is 9.38 Å². The van der Waals surface area contributed by atoms with Gasteiger partial charge in [0, 0.05) is 0 Å². The van der Waals surface area contributed by atoms with Gasteiger partial charge >= 0.3 is 174 Å². The van der Waals surface area contributed by atoms with Crippen LogP contribution in [0.5, 0.6) is 0 Å². The van der Waals surface area contributed by atoms with Crippen LogP contribution in [0.25, 0.3) is 4.83 Å². The van der Waals surface area contributed by atoms with Crippen LogP contribution in [0.3, 0.4) is 0 Å². The molecule has 0 N–H and O–H groups in total. The number of hydrogen-bond donors (Lipinski definition) is 0. The Kier molecular flexibility index (Phi) is 8.47. The van der Waals surface area contributed by atoms with Crippen molar-refractivity contribution in [2.24, 2.45) is 0 Å². The Morgan fingerprint density at radius 2 is 1.62 bits per heavy atom. The van der Waals surface area contributed by atoms with E-state index in [4.69, 9.17) is 0 Å². The number of aromatic nitrogens is 2. The molecule has 0 unspecified atom stereocenters. The van der Waals surface area contributed by atoms with E-state index in [-0.39, 0.29) is 5.03 Å². The number of sulfone groups is 1. The summed E-state index contributed by atoms with van der Waals surface area (Å²) in [4.78, 5) is 4.92. The van der Waals surface area contributed by atoms with E-state index in [1.165, 1.54) is 66.9 Å². The number of rotatable bonds is 12. The predicted octanol–water partition coefficient (Wildman–Crippen LogP) is 4.86. The molecule has 2 aromatic heterocycles.